The maximum absolute atomic E-state index is 12.7. The number of carbonyl (C=O) groups excluding carboxylic acids is 2. The van der Waals surface area contributed by atoms with Gasteiger partial charge in [-0.3, -0.25) is 9.59 Å². The van der Waals surface area contributed by atoms with Gasteiger partial charge in [0.05, 0.1) is 5.56 Å². The van der Waals surface area contributed by atoms with Crippen LogP contribution in [0.2, 0.25) is 5.02 Å². The third-order valence-electron chi connectivity index (χ3n) is 2.50. The van der Waals surface area contributed by atoms with E-state index in [2.05, 4.69) is 4.98 Å². The predicted molar refractivity (Wildman–Crippen MR) is 70.3 cm³/mol. The van der Waals surface area contributed by atoms with Crippen LogP contribution in [0.5, 0.6) is 0 Å². The quantitative estimate of drug-likeness (QED) is 0.302. The smallest absolute Gasteiger partial charge is 0.267 e. The Balaban J connectivity index is 2.20. The molecular weight excluding hydrogens is 285 g/mol. The van der Waals surface area contributed by atoms with E-state index in [9.17, 15) is 14.0 Å². The maximum Gasteiger partial charge on any atom is 0.276 e. The van der Waals surface area contributed by atoms with Crippen LogP contribution in [0, 0.1) is 5.95 Å². The molecular formula is C13H9ClFN3O2. The summed E-state index contributed by atoms with van der Waals surface area (Å²) in [6.07, 6.45) is 1.01. The van der Waals surface area contributed by atoms with Crippen molar-refractivity contribution >= 4 is 23.4 Å². The molecule has 0 aliphatic rings. The highest BCUT2D eigenvalue weighted by Crippen LogP contribution is 2.12. The van der Waals surface area contributed by atoms with Gasteiger partial charge in [-0.25, -0.2) is 15.8 Å². The van der Waals surface area contributed by atoms with Gasteiger partial charge in [-0.2, -0.15) is 4.39 Å². The van der Waals surface area contributed by atoms with Gasteiger partial charge in [0.2, 0.25) is 5.95 Å². The summed E-state index contributed by atoms with van der Waals surface area (Å²) in [7, 11) is 0. The molecule has 0 atom stereocenters. The van der Waals surface area contributed by atoms with Gasteiger partial charge in [-0.05, 0) is 36.4 Å². The second-order valence-corrected chi connectivity index (χ2v) is 4.29. The number of hydrogen-bond donors (Lipinski definition) is 1. The molecule has 0 bridgehead atoms. The molecule has 102 valence electrons. The van der Waals surface area contributed by atoms with Gasteiger partial charge in [0.15, 0.2) is 0 Å². The Bertz CT molecular complexity index is 586. The fourth-order valence-electron chi connectivity index (χ4n) is 1.47. The minimum Gasteiger partial charge on any atom is -0.267 e. The molecule has 20 heavy (non-hydrogen) atoms. The van der Waals surface area contributed by atoms with Crippen LogP contribution in [0.25, 0.3) is 0 Å². The van der Waals surface area contributed by atoms with E-state index in [4.69, 9.17) is 17.4 Å². The summed E-state index contributed by atoms with van der Waals surface area (Å²) in [4.78, 5) is 27.2. The lowest BCUT2D eigenvalue weighted by atomic mass is 10.2. The van der Waals surface area contributed by atoms with E-state index < -0.39 is 17.8 Å². The van der Waals surface area contributed by atoms with Crippen molar-refractivity contribution in [2.24, 2.45) is 5.84 Å². The Kier molecular flexibility index (Phi) is 4.07. The number of aromatic nitrogens is 1. The predicted octanol–water partition coefficient (Wildman–Crippen LogP) is 2.03. The number of benzene rings is 1. The van der Waals surface area contributed by atoms with Crippen molar-refractivity contribution < 1.29 is 14.0 Å². The second kappa shape index (κ2) is 5.77. The van der Waals surface area contributed by atoms with Gasteiger partial charge in [0.1, 0.15) is 0 Å². The number of nitrogens with zero attached hydrogens (tertiary/aromatic N) is 2. The summed E-state index contributed by atoms with van der Waals surface area (Å²) in [5, 5.41) is 0.900. The van der Waals surface area contributed by atoms with Crippen molar-refractivity contribution in [2.75, 3.05) is 0 Å². The fourth-order valence-corrected chi connectivity index (χ4v) is 1.59. The van der Waals surface area contributed by atoms with E-state index in [1.807, 2.05) is 0 Å². The van der Waals surface area contributed by atoms with Gasteiger partial charge in [-0.15, -0.1) is 0 Å². The lowest BCUT2D eigenvalue weighted by molar-refractivity contribution is 0.0615. The van der Waals surface area contributed by atoms with Gasteiger partial charge in [0, 0.05) is 16.8 Å². The third kappa shape index (κ3) is 2.98. The zero-order valence-electron chi connectivity index (χ0n) is 10.1. The van der Waals surface area contributed by atoms with Crippen molar-refractivity contribution in [3.05, 3.63) is 64.7 Å². The number of hydrogen-bond acceptors (Lipinski definition) is 4. The van der Waals surface area contributed by atoms with E-state index in [1.54, 1.807) is 0 Å². The highest BCUT2D eigenvalue weighted by Gasteiger charge is 2.21. The van der Waals surface area contributed by atoms with Crippen molar-refractivity contribution in [1.29, 1.82) is 0 Å². The Morgan fingerprint density at radius 1 is 1.05 bits per heavy atom. The number of halogens is 2. The normalized spacial score (nSPS) is 10.2. The minimum absolute atomic E-state index is 0.0104. The summed E-state index contributed by atoms with van der Waals surface area (Å²) in [6.45, 7) is 0. The Hall–Kier alpha value is -2.31. The first-order chi connectivity index (χ1) is 9.49. The van der Waals surface area contributed by atoms with Crippen LogP contribution in [0.15, 0.2) is 42.6 Å². The zero-order valence-corrected chi connectivity index (χ0v) is 10.8. The van der Waals surface area contributed by atoms with Crippen LogP contribution in [0.1, 0.15) is 20.7 Å². The molecule has 2 aromatic rings. The second-order valence-electron chi connectivity index (χ2n) is 3.86. The molecule has 2 amide bonds. The summed E-state index contributed by atoms with van der Waals surface area (Å²) in [5.74, 6) is 3.27. The average molecular weight is 294 g/mol. The number of nitrogens with two attached hydrogens (primary N) is 1. The van der Waals surface area contributed by atoms with Gasteiger partial charge in [-0.1, -0.05) is 11.6 Å². The molecule has 0 unspecified atom stereocenters. The molecule has 0 fully saturated rings. The molecule has 1 aromatic heterocycles. The van der Waals surface area contributed by atoms with Crippen LogP contribution < -0.4 is 5.84 Å². The van der Waals surface area contributed by atoms with Crippen molar-refractivity contribution in [2.45, 2.75) is 0 Å². The number of imide groups is 1. The minimum atomic E-state index is -0.780. The molecule has 5 nitrogen and oxygen atoms in total. The zero-order chi connectivity index (χ0) is 14.7. The summed E-state index contributed by atoms with van der Waals surface area (Å²) in [5.41, 5.74) is 0.219. The number of amides is 2. The molecule has 0 radical (unpaired) electrons. The number of hydrazine groups is 1. The van der Waals surface area contributed by atoms with E-state index >= 15 is 0 Å². The monoisotopic (exact) mass is 293 g/mol. The topological polar surface area (TPSA) is 76.3 Å². The lowest BCUT2D eigenvalue weighted by Gasteiger charge is -2.14. The first-order valence-corrected chi connectivity index (χ1v) is 5.87. The Labute approximate surface area is 118 Å². The third-order valence-corrected chi connectivity index (χ3v) is 2.76. The highest BCUT2D eigenvalue weighted by molar-refractivity contribution is 6.30. The van der Waals surface area contributed by atoms with E-state index in [-0.39, 0.29) is 11.1 Å². The molecule has 1 heterocycles. The maximum atomic E-state index is 12.7. The molecule has 0 aliphatic heterocycles. The largest absolute Gasteiger partial charge is 0.276 e. The average Bonchev–Trinajstić information content (AvgIpc) is 2.46. The van der Waals surface area contributed by atoms with Crippen LogP contribution in [0.4, 0.5) is 4.39 Å². The van der Waals surface area contributed by atoms with Gasteiger partial charge in [0.25, 0.3) is 11.8 Å². The summed E-state index contributed by atoms with van der Waals surface area (Å²) in [6, 6.07) is 8.11. The van der Waals surface area contributed by atoms with E-state index in [1.165, 1.54) is 30.3 Å². The number of rotatable bonds is 2. The molecule has 0 saturated heterocycles. The first kappa shape index (κ1) is 14.1. The van der Waals surface area contributed by atoms with Crippen molar-refractivity contribution in [1.82, 2.24) is 9.99 Å². The molecule has 2 N–H and O–H groups in total. The number of carbonyl (C=O) groups is 2. The SMILES string of the molecule is NN(C(=O)c1ccc(Cl)cc1)C(=O)c1ccc(F)nc1. The molecule has 0 saturated carbocycles. The van der Waals surface area contributed by atoms with Crippen LogP contribution in [0.3, 0.4) is 0 Å². The molecule has 1 aromatic carbocycles. The van der Waals surface area contributed by atoms with Crippen molar-refractivity contribution in [3.63, 3.8) is 0 Å². The summed E-state index contributed by atoms with van der Waals surface area (Å²) < 4.78 is 12.7. The number of pyridine rings is 1. The molecule has 2 rings (SSSR count). The fraction of sp³-hybridized carbons (Fsp3) is 0. The van der Waals surface area contributed by atoms with E-state index in [0.717, 1.165) is 12.3 Å². The molecule has 0 spiro atoms. The van der Waals surface area contributed by atoms with E-state index in [0.29, 0.717) is 10.0 Å². The van der Waals surface area contributed by atoms with Crippen LogP contribution in [-0.2, 0) is 0 Å². The molecule has 7 heteroatoms. The standard InChI is InChI=1S/C13H9ClFN3O2/c14-10-4-1-8(2-5-10)12(19)18(16)13(20)9-3-6-11(15)17-7-9/h1-7H,16H2. The van der Waals surface area contributed by atoms with Crippen LogP contribution in [-0.4, -0.2) is 21.8 Å². The Morgan fingerprint density at radius 3 is 2.15 bits per heavy atom. The first-order valence-electron chi connectivity index (χ1n) is 5.49. The summed E-state index contributed by atoms with van der Waals surface area (Å²) >= 11 is 5.70. The molecule has 0 aliphatic carbocycles. The Morgan fingerprint density at radius 2 is 1.60 bits per heavy atom. The van der Waals surface area contributed by atoms with Gasteiger partial charge >= 0.3 is 0 Å². The highest BCUT2D eigenvalue weighted by atomic mass is 35.5. The lowest BCUT2D eigenvalue weighted by Crippen LogP contribution is -2.42. The van der Waals surface area contributed by atoms with Gasteiger partial charge < -0.3 is 0 Å². The van der Waals surface area contributed by atoms with Crippen LogP contribution >= 0.6 is 11.6 Å². The van der Waals surface area contributed by atoms with Crippen molar-refractivity contribution in [3.8, 4) is 0 Å².